The number of hydrogen-bond donors (Lipinski definition) is 3. The number of carbonyl (C=O) groups excluding carboxylic acids is 1. The molecule has 1 aromatic rings. The fourth-order valence-electron chi connectivity index (χ4n) is 1.12. The van der Waals surface area contributed by atoms with Crippen LogP contribution in [0.3, 0.4) is 0 Å². The zero-order valence-electron chi connectivity index (χ0n) is 9.99. The van der Waals surface area contributed by atoms with Gasteiger partial charge in [-0.2, -0.15) is 0 Å². The summed E-state index contributed by atoms with van der Waals surface area (Å²) in [5.74, 6) is 0.893. The van der Waals surface area contributed by atoms with Crippen LogP contribution in [0.25, 0.3) is 0 Å². The molecule has 0 fully saturated rings. The van der Waals surface area contributed by atoms with E-state index in [1.807, 2.05) is 13.2 Å². The minimum Gasteiger partial charge on any atom is -0.383 e. The van der Waals surface area contributed by atoms with E-state index < -0.39 is 0 Å². The summed E-state index contributed by atoms with van der Waals surface area (Å²) in [4.78, 5) is 19.6. The van der Waals surface area contributed by atoms with Crippen LogP contribution in [0.4, 0.5) is 11.6 Å². The molecule has 0 saturated heterocycles. The van der Waals surface area contributed by atoms with Crippen LogP contribution in [0.15, 0.2) is 11.2 Å². The maximum absolute atomic E-state index is 11.4. The van der Waals surface area contributed by atoms with Crippen molar-refractivity contribution in [1.82, 2.24) is 15.3 Å². The molecule has 1 aromatic heterocycles. The van der Waals surface area contributed by atoms with Crippen molar-refractivity contribution >= 4 is 29.3 Å². The average Bonchev–Trinajstić information content (AvgIpc) is 2.33. The van der Waals surface area contributed by atoms with Gasteiger partial charge in [-0.15, -0.1) is 0 Å². The highest BCUT2D eigenvalue weighted by molar-refractivity contribution is 7.98. The number of nitrogens with two attached hydrogens (primary N) is 1. The molecule has 17 heavy (non-hydrogen) atoms. The van der Waals surface area contributed by atoms with Crippen LogP contribution in [0.2, 0.25) is 0 Å². The summed E-state index contributed by atoms with van der Waals surface area (Å²) in [7, 11) is 0. The highest BCUT2D eigenvalue weighted by Gasteiger charge is 2.04. The molecule has 1 amide bonds. The van der Waals surface area contributed by atoms with Crippen molar-refractivity contribution in [2.24, 2.45) is 0 Å². The van der Waals surface area contributed by atoms with Gasteiger partial charge in [-0.05, 0) is 12.7 Å². The van der Waals surface area contributed by atoms with Crippen molar-refractivity contribution in [2.75, 3.05) is 30.4 Å². The van der Waals surface area contributed by atoms with Gasteiger partial charge < -0.3 is 16.4 Å². The molecule has 0 aromatic carbocycles. The smallest absolute Gasteiger partial charge is 0.239 e. The van der Waals surface area contributed by atoms with Crippen LogP contribution in [-0.4, -0.2) is 35.2 Å². The molecule has 0 bridgehead atoms. The van der Waals surface area contributed by atoms with Gasteiger partial charge in [-0.3, -0.25) is 4.79 Å². The lowest BCUT2D eigenvalue weighted by atomic mass is 10.4. The summed E-state index contributed by atoms with van der Waals surface area (Å²) in [6.07, 6.45) is 2.79. The van der Waals surface area contributed by atoms with Crippen LogP contribution in [0.1, 0.15) is 13.3 Å². The van der Waals surface area contributed by atoms with Crippen molar-refractivity contribution in [3.8, 4) is 0 Å². The molecule has 0 aliphatic heterocycles. The third-order valence-electron chi connectivity index (χ3n) is 1.91. The fourth-order valence-corrected chi connectivity index (χ4v) is 1.51. The predicted molar refractivity (Wildman–Crippen MR) is 70.0 cm³/mol. The summed E-state index contributed by atoms with van der Waals surface area (Å²) in [5, 5.41) is 6.26. The molecule has 0 atom stereocenters. The number of carbonyl (C=O) groups is 1. The Balaban J connectivity index is 2.51. The van der Waals surface area contributed by atoms with Gasteiger partial charge in [0.15, 0.2) is 5.16 Å². The molecule has 0 spiro atoms. The van der Waals surface area contributed by atoms with Crippen molar-refractivity contribution in [3.05, 3.63) is 6.07 Å². The Morgan fingerprint density at radius 1 is 1.53 bits per heavy atom. The van der Waals surface area contributed by atoms with E-state index in [0.717, 1.165) is 6.42 Å². The Labute approximate surface area is 105 Å². The van der Waals surface area contributed by atoms with Gasteiger partial charge in [0.1, 0.15) is 11.6 Å². The second-order valence-electron chi connectivity index (χ2n) is 3.37. The summed E-state index contributed by atoms with van der Waals surface area (Å²) >= 11 is 1.40. The van der Waals surface area contributed by atoms with E-state index in [9.17, 15) is 4.79 Å². The SMILES string of the molecule is CCCNC(=O)CNc1cc(N)nc(SC)n1. The van der Waals surface area contributed by atoms with Gasteiger partial charge in [0.05, 0.1) is 6.54 Å². The van der Waals surface area contributed by atoms with E-state index in [4.69, 9.17) is 5.73 Å². The first kappa shape index (κ1) is 13.6. The zero-order valence-corrected chi connectivity index (χ0v) is 10.8. The average molecular weight is 255 g/mol. The Morgan fingerprint density at radius 3 is 2.94 bits per heavy atom. The van der Waals surface area contributed by atoms with Crippen LogP contribution < -0.4 is 16.4 Å². The van der Waals surface area contributed by atoms with E-state index in [-0.39, 0.29) is 12.5 Å². The molecular weight excluding hydrogens is 238 g/mol. The highest BCUT2D eigenvalue weighted by atomic mass is 32.2. The third kappa shape index (κ3) is 4.90. The van der Waals surface area contributed by atoms with E-state index >= 15 is 0 Å². The number of thioether (sulfide) groups is 1. The first-order valence-electron chi connectivity index (χ1n) is 5.34. The molecule has 0 aliphatic carbocycles. The topological polar surface area (TPSA) is 92.9 Å². The maximum Gasteiger partial charge on any atom is 0.239 e. The number of anilines is 2. The third-order valence-corrected chi connectivity index (χ3v) is 2.46. The molecule has 6 nitrogen and oxygen atoms in total. The van der Waals surface area contributed by atoms with Crippen molar-refractivity contribution in [1.29, 1.82) is 0 Å². The van der Waals surface area contributed by atoms with Gasteiger partial charge >= 0.3 is 0 Å². The van der Waals surface area contributed by atoms with Crippen LogP contribution in [0.5, 0.6) is 0 Å². The molecular formula is C10H17N5OS. The lowest BCUT2D eigenvalue weighted by Crippen LogP contribution is -2.30. The number of rotatable bonds is 6. The van der Waals surface area contributed by atoms with Gasteiger partial charge in [0.2, 0.25) is 5.91 Å². The van der Waals surface area contributed by atoms with Gasteiger partial charge in [0.25, 0.3) is 0 Å². The first-order valence-corrected chi connectivity index (χ1v) is 6.57. The molecule has 94 valence electrons. The van der Waals surface area contributed by atoms with Crippen LogP contribution >= 0.6 is 11.8 Å². The summed E-state index contributed by atoms with van der Waals surface area (Å²) in [6.45, 7) is 2.87. The number of nitrogens with zero attached hydrogens (tertiary/aromatic N) is 2. The van der Waals surface area contributed by atoms with E-state index in [0.29, 0.717) is 23.3 Å². The van der Waals surface area contributed by atoms with Gasteiger partial charge in [0, 0.05) is 12.6 Å². The number of nitrogen functional groups attached to an aromatic ring is 1. The van der Waals surface area contributed by atoms with Crippen molar-refractivity contribution in [2.45, 2.75) is 18.5 Å². The van der Waals surface area contributed by atoms with E-state index in [1.54, 1.807) is 6.07 Å². The second kappa shape index (κ2) is 6.95. The Hall–Kier alpha value is -1.50. The standard InChI is InChI=1S/C10H17N5OS/c1-3-4-12-9(16)6-13-8-5-7(11)14-10(15-8)17-2/h5H,3-4,6H2,1-2H3,(H,12,16)(H3,11,13,14,15). The van der Waals surface area contributed by atoms with Crippen LogP contribution in [0, 0.1) is 0 Å². The molecule has 0 radical (unpaired) electrons. The largest absolute Gasteiger partial charge is 0.383 e. The predicted octanol–water partition coefficient (Wildman–Crippen LogP) is 0.719. The summed E-state index contributed by atoms with van der Waals surface area (Å²) in [5.41, 5.74) is 5.62. The van der Waals surface area contributed by atoms with Crippen molar-refractivity contribution in [3.63, 3.8) is 0 Å². The summed E-state index contributed by atoms with van der Waals surface area (Å²) < 4.78 is 0. The lowest BCUT2D eigenvalue weighted by Gasteiger charge is -2.07. The fraction of sp³-hybridized carbons (Fsp3) is 0.500. The second-order valence-corrected chi connectivity index (χ2v) is 4.14. The molecule has 0 unspecified atom stereocenters. The van der Waals surface area contributed by atoms with Crippen LogP contribution in [-0.2, 0) is 4.79 Å². The zero-order chi connectivity index (χ0) is 12.7. The highest BCUT2D eigenvalue weighted by Crippen LogP contribution is 2.14. The minimum atomic E-state index is -0.0604. The number of amides is 1. The normalized spacial score (nSPS) is 10.0. The van der Waals surface area contributed by atoms with E-state index in [2.05, 4.69) is 20.6 Å². The quantitative estimate of drug-likeness (QED) is 0.512. The Bertz CT molecular complexity index is 385. The molecule has 1 heterocycles. The molecule has 7 heteroatoms. The molecule has 4 N–H and O–H groups in total. The van der Waals surface area contributed by atoms with Gasteiger partial charge in [-0.25, -0.2) is 9.97 Å². The first-order chi connectivity index (χ1) is 8.15. The lowest BCUT2D eigenvalue weighted by molar-refractivity contribution is -0.119. The minimum absolute atomic E-state index is 0.0604. The summed E-state index contributed by atoms with van der Waals surface area (Å²) in [6, 6.07) is 1.60. The molecule has 1 rings (SSSR count). The number of hydrogen-bond acceptors (Lipinski definition) is 6. The monoisotopic (exact) mass is 255 g/mol. The molecule has 0 aliphatic rings. The number of aromatic nitrogens is 2. The van der Waals surface area contributed by atoms with Gasteiger partial charge in [-0.1, -0.05) is 18.7 Å². The number of nitrogens with one attached hydrogen (secondary N) is 2. The molecule has 0 saturated carbocycles. The van der Waals surface area contributed by atoms with E-state index in [1.165, 1.54) is 11.8 Å². The Kier molecular flexibility index (Phi) is 5.55. The Morgan fingerprint density at radius 2 is 2.29 bits per heavy atom. The maximum atomic E-state index is 11.4. The van der Waals surface area contributed by atoms with Crippen molar-refractivity contribution < 1.29 is 4.79 Å².